The topological polar surface area (TPSA) is 92.8 Å². The number of carbonyl (C=O) groups excluding carboxylic acids is 2. The molecule has 32 heavy (non-hydrogen) atoms. The highest BCUT2D eigenvalue weighted by Crippen LogP contribution is 2.30. The minimum atomic E-state index is -3.81. The first-order chi connectivity index (χ1) is 15.2. The molecule has 0 saturated carbocycles. The van der Waals surface area contributed by atoms with Crippen LogP contribution in [-0.2, 0) is 14.8 Å². The van der Waals surface area contributed by atoms with Gasteiger partial charge in [-0.05, 0) is 30.3 Å². The van der Waals surface area contributed by atoms with E-state index in [1.165, 1.54) is 25.3 Å². The van der Waals surface area contributed by atoms with E-state index in [1.54, 1.807) is 54.6 Å². The van der Waals surface area contributed by atoms with E-state index in [0.717, 1.165) is 10.6 Å². The quantitative estimate of drug-likeness (QED) is 0.500. The number of nitrogens with zero attached hydrogens (tertiary/aromatic N) is 1. The lowest BCUT2D eigenvalue weighted by molar-refractivity contribution is -0.114. The summed E-state index contributed by atoms with van der Waals surface area (Å²) in [6.07, 6.45) is 0.999. The van der Waals surface area contributed by atoms with Crippen LogP contribution in [0.15, 0.2) is 72.8 Å². The lowest BCUT2D eigenvalue weighted by Gasteiger charge is -2.24. The van der Waals surface area contributed by atoms with Gasteiger partial charge in [-0.3, -0.25) is 13.9 Å². The third-order valence-electron chi connectivity index (χ3n) is 4.58. The van der Waals surface area contributed by atoms with Crippen molar-refractivity contribution in [1.82, 2.24) is 0 Å². The third kappa shape index (κ3) is 5.46. The van der Waals surface area contributed by atoms with E-state index >= 15 is 0 Å². The average Bonchev–Trinajstić information content (AvgIpc) is 2.78. The fourth-order valence-corrected chi connectivity index (χ4v) is 4.13. The van der Waals surface area contributed by atoms with Gasteiger partial charge in [0.1, 0.15) is 12.3 Å². The van der Waals surface area contributed by atoms with Crippen LogP contribution < -0.4 is 14.4 Å². The van der Waals surface area contributed by atoms with Crippen LogP contribution in [0.5, 0.6) is 5.75 Å². The van der Waals surface area contributed by atoms with E-state index in [4.69, 9.17) is 16.3 Å². The molecule has 3 aromatic rings. The number of para-hydroxylation sites is 2. The van der Waals surface area contributed by atoms with Gasteiger partial charge in [0, 0.05) is 16.1 Å². The summed E-state index contributed by atoms with van der Waals surface area (Å²) in [6, 6.07) is 19.5. The zero-order valence-electron chi connectivity index (χ0n) is 17.4. The van der Waals surface area contributed by atoms with Crippen LogP contribution >= 0.6 is 11.6 Å². The Hall–Kier alpha value is -3.36. The summed E-state index contributed by atoms with van der Waals surface area (Å²) < 4.78 is 31.0. The Morgan fingerprint density at radius 1 is 1.00 bits per heavy atom. The number of halogens is 1. The number of benzene rings is 3. The van der Waals surface area contributed by atoms with E-state index in [0.29, 0.717) is 16.3 Å². The van der Waals surface area contributed by atoms with Crippen molar-refractivity contribution in [2.24, 2.45) is 0 Å². The van der Waals surface area contributed by atoms with E-state index in [9.17, 15) is 18.0 Å². The molecule has 1 N–H and O–H groups in total. The maximum Gasteiger partial charge on any atom is 0.245 e. The highest BCUT2D eigenvalue weighted by atomic mass is 35.5. The Labute approximate surface area is 191 Å². The van der Waals surface area contributed by atoms with Gasteiger partial charge >= 0.3 is 0 Å². The van der Waals surface area contributed by atoms with Crippen LogP contribution in [0.3, 0.4) is 0 Å². The monoisotopic (exact) mass is 472 g/mol. The summed E-state index contributed by atoms with van der Waals surface area (Å²) in [7, 11) is -2.40. The number of hydrogen-bond donors (Lipinski definition) is 1. The van der Waals surface area contributed by atoms with Crippen LogP contribution in [0.1, 0.15) is 15.9 Å². The van der Waals surface area contributed by atoms with Crippen LogP contribution in [0.4, 0.5) is 11.4 Å². The number of anilines is 2. The molecule has 9 heteroatoms. The van der Waals surface area contributed by atoms with E-state index in [-0.39, 0.29) is 22.7 Å². The molecule has 0 aliphatic carbocycles. The van der Waals surface area contributed by atoms with Crippen molar-refractivity contribution < 1.29 is 22.7 Å². The molecular weight excluding hydrogens is 452 g/mol. The van der Waals surface area contributed by atoms with E-state index in [1.807, 2.05) is 0 Å². The molecule has 0 fully saturated rings. The lowest BCUT2D eigenvalue weighted by atomic mass is 10.0. The van der Waals surface area contributed by atoms with Crippen molar-refractivity contribution in [3.8, 4) is 5.75 Å². The molecule has 0 aliphatic heterocycles. The molecule has 0 unspecified atom stereocenters. The van der Waals surface area contributed by atoms with E-state index < -0.39 is 22.5 Å². The van der Waals surface area contributed by atoms with Crippen LogP contribution in [-0.4, -0.2) is 40.0 Å². The minimum absolute atomic E-state index is 0.195. The number of ether oxygens (including phenoxy) is 1. The van der Waals surface area contributed by atoms with Crippen molar-refractivity contribution in [3.05, 3.63) is 88.9 Å². The second-order valence-electron chi connectivity index (χ2n) is 6.87. The second kappa shape index (κ2) is 9.84. The minimum Gasteiger partial charge on any atom is -0.495 e. The Morgan fingerprint density at radius 3 is 2.31 bits per heavy atom. The number of sulfonamides is 1. The molecule has 0 aromatic heterocycles. The average molecular weight is 473 g/mol. The normalized spacial score (nSPS) is 11.0. The molecule has 0 saturated heterocycles. The number of rotatable bonds is 8. The van der Waals surface area contributed by atoms with Gasteiger partial charge in [0.2, 0.25) is 15.9 Å². The summed E-state index contributed by atoms with van der Waals surface area (Å²) in [4.78, 5) is 25.8. The van der Waals surface area contributed by atoms with Crippen molar-refractivity contribution in [3.63, 3.8) is 0 Å². The predicted molar refractivity (Wildman–Crippen MR) is 125 cm³/mol. The maximum absolute atomic E-state index is 13.0. The highest BCUT2D eigenvalue weighted by molar-refractivity contribution is 7.92. The SMILES string of the molecule is COc1ccccc1N(CC(=O)Nc1ccc(Cl)cc1C(=O)c1ccccc1)S(C)(=O)=O. The number of nitrogens with one attached hydrogen (secondary N) is 1. The summed E-state index contributed by atoms with van der Waals surface area (Å²) in [6.45, 7) is -0.513. The van der Waals surface area contributed by atoms with Crippen molar-refractivity contribution in [2.45, 2.75) is 0 Å². The third-order valence-corrected chi connectivity index (χ3v) is 5.94. The van der Waals surface area contributed by atoms with Crippen molar-refractivity contribution in [2.75, 3.05) is 29.5 Å². The zero-order chi connectivity index (χ0) is 23.3. The Morgan fingerprint density at radius 2 is 1.66 bits per heavy atom. The number of ketones is 1. The first-order valence-electron chi connectivity index (χ1n) is 9.50. The second-order valence-corrected chi connectivity index (χ2v) is 9.22. The molecule has 0 atom stereocenters. The molecule has 166 valence electrons. The van der Waals surface area contributed by atoms with Crippen LogP contribution in [0.2, 0.25) is 5.02 Å². The van der Waals surface area contributed by atoms with Gasteiger partial charge in [-0.15, -0.1) is 0 Å². The van der Waals surface area contributed by atoms with Gasteiger partial charge in [0.25, 0.3) is 0 Å². The van der Waals surface area contributed by atoms with Gasteiger partial charge in [-0.1, -0.05) is 54.1 Å². The van der Waals surface area contributed by atoms with Gasteiger partial charge in [-0.2, -0.15) is 0 Å². The standard InChI is InChI=1S/C23H21ClN2O5S/c1-31-21-11-7-6-10-20(21)26(32(2,29)30)15-22(27)25-19-13-12-17(24)14-18(19)23(28)16-8-4-3-5-9-16/h3-14H,15H2,1-2H3,(H,25,27). The molecule has 3 rings (SSSR count). The summed E-state index contributed by atoms with van der Waals surface area (Å²) >= 11 is 6.08. The number of amides is 1. The summed E-state index contributed by atoms with van der Waals surface area (Å²) in [5.74, 6) is -0.656. The fraction of sp³-hybridized carbons (Fsp3) is 0.130. The van der Waals surface area contributed by atoms with Crippen molar-refractivity contribution in [1.29, 1.82) is 0 Å². The molecule has 0 heterocycles. The molecule has 0 bridgehead atoms. The number of methoxy groups -OCH3 is 1. The van der Waals surface area contributed by atoms with Gasteiger partial charge in [0.15, 0.2) is 5.78 Å². The molecule has 0 aliphatic rings. The lowest BCUT2D eigenvalue weighted by Crippen LogP contribution is -2.37. The molecule has 0 radical (unpaired) electrons. The molecule has 3 aromatic carbocycles. The molecular formula is C23H21ClN2O5S. The number of carbonyl (C=O) groups is 2. The largest absolute Gasteiger partial charge is 0.495 e. The molecule has 7 nitrogen and oxygen atoms in total. The van der Waals surface area contributed by atoms with Crippen molar-refractivity contribution >= 4 is 44.7 Å². The fourth-order valence-electron chi connectivity index (χ4n) is 3.10. The smallest absolute Gasteiger partial charge is 0.245 e. The molecule has 0 spiro atoms. The Balaban J connectivity index is 1.90. The van der Waals surface area contributed by atoms with E-state index in [2.05, 4.69) is 5.32 Å². The highest BCUT2D eigenvalue weighted by Gasteiger charge is 2.24. The number of hydrogen-bond acceptors (Lipinski definition) is 5. The Kier molecular flexibility index (Phi) is 7.17. The van der Waals surface area contributed by atoms with Gasteiger partial charge < -0.3 is 10.1 Å². The Bertz CT molecular complexity index is 1250. The van der Waals surface area contributed by atoms with Gasteiger partial charge in [0.05, 0.1) is 24.7 Å². The summed E-state index contributed by atoms with van der Waals surface area (Å²) in [5.41, 5.74) is 1.07. The maximum atomic E-state index is 13.0. The predicted octanol–water partition coefficient (Wildman–Crippen LogP) is 3.98. The first kappa shape index (κ1) is 23.3. The van der Waals surface area contributed by atoms with Crippen LogP contribution in [0, 0.1) is 0 Å². The van der Waals surface area contributed by atoms with Crippen LogP contribution in [0.25, 0.3) is 0 Å². The first-order valence-corrected chi connectivity index (χ1v) is 11.7. The van der Waals surface area contributed by atoms with Gasteiger partial charge in [-0.25, -0.2) is 8.42 Å². The molecule has 1 amide bonds. The zero-order valence-corrected chi connectivity index (χ0v) is 19.0. The summed E-state index contributed by atoms with van der Waals surface area (Å²) in [5, 5.41) is 2.96.